The smallest absolute Gasteiger partial charge is 0.335 e. The molecule has 1 aromatic carbocycles. The van der Waals surface area contributed by atoms with Crippen LogP contribution in [0.2, 0.25) is 5.02 Å². The monoisotopic (exact) mass is 295 g/mol. The number of pyridine rings is 1. The summed E-state index contributed by atoms with van der Waals surface area (Å²) in [6, 6.07) is 5.28. The molecule has 1 amide bonds. The van der Waals surface area contributed by atoms with Crippen molar-refractivity contribution in [2.24, 2.45) is 5.84 Å². The first-order valence-corrected chi connectivity index (χ1v) is 5.87. The number of rotatable bonds is 3. The molecule has 4 N–H and O–H groups in total. The number of aromatic carboxylic acids is 1. The summed E-state index contributed by atoms with van der Waals surface area (Å²) in [5, 5.41) is 9.48. The van der Waals surface area contributed by atoms with Crippen LogP contribution in [0.5, 0.6) is 0 Å². The highest BCUT2D eigenvalue weighted by Crippen LogP contribution is 2.24. The molecule has 7 nitrogen and oxygen atoms in total. The Morgan fingerprint density at radius 3 is 2.65 bits per heavy atom. The topological polar surface area (TPSA) is 114 Å². The number of halogens is 1. The number of carbonyl (C=O) groups excluding carboxylic acids is 1. The molecule has 1 heterocycles. The van der Waals surface area contributed by atoms with Crippen LogP contribution in [0.25, 0.3) is 10.9 Å². The Morgan fingerprint density at radius 1 is 1.35 bits per heavy atom. The van der Waals surface area contributed by atoms with Crippen LogP contribution in [0.1, 0.15) is 10.4 Å². The summed E-state index contributed by atoms with van der Waals surface area (Å²) < 4.78 is 1.13. The van der Waals surface area contributed by atoms with Gasteiger partial charge in [0.2, 0.25) is 0 Å². The number of nitrogens with two attached hydrogens (primary N) is 1. The van der Waals surface area contributed by atoms with Crippen molar-refractivity contribution >= 4 is 34.4 Å². The number of carboxylic acid groups (broad SMARTS) is 1. The number of nitrogens with one attached hydrogen (secondary N) is 1. The van der Waals surface area contributed by atoms with Crippen LogP contribution in [0.4, 0.5) is 0 Å². The fourth-order valence-corrected chi connectivity index (χ4v) is 2.19. The van der Waals surface area contributed by atoms with E-state index in [1.807, 2.05) is 5.43 Å². The van der Waals surface area contributed by atoms with Gasteiger partial charge in [-0.05, 0) is 18.2 Å². The van der Waals surface area contributed by atoms with E-state index in [0.29, 0.717) is 5.39 Å². The van der Waals surface area contributed by atoms with Gasteiger partial charge in [-0.25, -0.2) is 10.6 Å². The number of benzene rings is 1. The van der Waals surface area contributed by atoms with Gasteiger partial charge in [-0.1, -0.05) is 11.6 Å². The molecule has 1 aromatic heterocycles. The van der Waals surface area contributed by atoms with Gasteiger partial charge in [0.25, 0.3) is 11.5 Å². The van der Waals surface area contributed by atoms with Crippen molar-refractivity contribution in [2.45, 2.75) is 6.54 Å². The number of amides is 1. The third-order valence-corrected chi connectivity index (χ3v) is 3.03. The predicted octanol–water partition coefficient (Wildman–Crippen LogP) is 0.343. The molecule has 0 aliphatic carbocycles. The molecule has 0 aliphatic rings. The third-order valence-electron chi connectivity index (χ3n) is 2.74. The Morgan fingerprint density at radius 2 is 2.05 bits per heavy atom. The molecule has 8 heteroatoms. The molecule has 2 aromatic rings. The minimum absolute atomic E-state index is 0.00373. The molecule has 0 saturated carbocycles. The average molecular weight is 296 g/mol. The number of fused-ring (bicyclic) bond motifs is 1. The second-order valence-electron chi connectivity index (χ2n) is 4.03. The maximum Gasteiger partial charge on any atom is 0.335 e. The summed E-state index contributed by atoms with van der Waals surface area (Å²) in [5.41, 5.74) is 1.76. The molecular weight excluding hydrogens is 286 g/mol. The van der Waals surface area contributed by atoms with Gasteiger partial charge in [-0.3, -0.25) is 19.6 Å². The molecule has 0 fully saturated rings. The SMILES string of the molecule is NNC(=O)Cn1c(=O)ccc2cc(C(=O)O)cc(Cl)c21. The van der Waals surface area contributed by atoms with Crippen molar-refractivity contribution in [2.75, 3.05) is 0 Å². The number of hydrogen-bond acceptors (Lipinski definition) is 4. The maximum atomic E-state index is 11.8. The second kappa shape index (κ2) is 5.32. The van der Waals surface area contributed by atoms with E-state index in [-0.39, 0.29) is 22.6 Å². The molecule has 0 atom stereocenters. The molecule has 0 aliphatic heterocycles. The van der Waals surface area contributed by atoms with Gasteiger partial charge >= 0.3 is 5.97 Å². The zero-order chi connectivity index (χ0) is 14.9. The largest absolute Gasteiger partial charge is 0.478 e. The van der Waals surface area contributed by atoms with Crippen molar-refractivity contribution < 1.29 is 14.7 Å². The van der Waals surface area contributed by atoms with Crippen LogP contribution >= 0.6 is 11.6 Å². The highest BCUT2D eigenvalue weighted by atomic mass is 35.5. The fraction of sp³-hybridized carbons (Fsp3) is 0.0833. The Labute approximate surface area is 117 Å². The number of nitrogens with zero attached hydrogens (tertiary/aromatic N) is 1. The molecule has 2 rings (SSSR count). The Balaban J connectivity index is 2.74. The van der Waals surface area contributed by atoms with E-state index >= 15 is 0 Å². The molecule has 0 bridgehead atoms. The van der Waals surface area contributed by atoms with Crippen molar-refractivity contribution in [1.29, 1.82) is 0 Å². The average Bonchev–Trinajstić information content (AvgIpc) is 2.41. The second-order valence-corrected chi connectivity index (χ2v) is 4.43. The Kier molecular flexibility index (Phi) is 3.73. The predicted molar refractivity (Wildman–Crippen MR) is 72.5 cm³/mol. The number of carboxylic acids is 1. The number of carbonyl (C=O) groups is 2. The lowest BCUT2D eigenvalue weighted by atomic mass is 10.1. The Bertz CT molecular complexity index is 769. The molecule has 0 unspecified atom stereocenters. The normalized spacial score (nSPS) is 10.5. The lowest BCUT2D eigenvalue weighted by Gasteiger charge is -2.11. The molecule has 0 radical (unpaired) electrons. The van der Waals surface area contributed by atoms with Crippen molar-refractivity contribution in [3.05, 3.63) is 45.2 Å². The first-order valence-electron chi connectivity index (χ1n) is 5.50. The van der Waals surface area contributed by atoms with Gasteiger partial charge in [0.15, 0.2) is 0 Å². The van der Waals surface area contributed by atoms with Crippen LogP contribution in [0.15, 0.2) is 29.1 Å². The Hall–Kier alpha value is -2.38. The van der Waals surface area contributed by atoms with Gasteiger partial charge in [-0.15, -0.1) is 0 Å². The van der Waals surface area contributed by atoms with E-state index in [9.17, 15) is 14.4 Å². The summed E-state index contributed by atoms with van der Waals surface area (Å²) in [6.07, 6.45) is 0. The standard InChI is InChI=1S/C12H10ClN3O4/c13-8-4-7(12(19)20)3-6-1-2-10(18)16(11(6)8)5-9(17)15-14/h1-4H,5,14H2,(H,15,17)(H,19,20). The highest BCUT2D eigenvalue weighted by Gasteiger charge is 2.13. The van der Waals surface area contributed by atoms with Gasteiger partial charge in [0.1, 0.15) is 6.54 Å². The van der Waals surface area contributed by atoms with E-state index in [2.05, 4.69) is 0 Å². The minimum atomic E-state index is -1.13. The van der Waals surface area contributed by atoms with E-state index in [1.54, 1.807) is 0 Å². The number of aromatic nitrogens is 1. The summed E-state index contributed by atoms with van der Waals surface area (Å²) in [4.78, 5) is 34.1. The number of hydrazine groups is 1. The van der Waals surface area contributed by atoms with E-state index < -0.39 is 17.4 Å². The van der Waals surface area contributed by atoms with E-state index in [1.165, 1.54) is 24.3 Å². The fourth-order valence-electron chi connectivity index (χ4n) is 1.86. The molecule has 104 valence electrons. The number of hydrogen-bond donors (Lipinski definition) is 3. The lowest BCUT2D eigenvalue weighted by molar-refractivity contribution is -0.121. The quantitative estimate of drug-likeness (QED) is 0.429. The first kappa shape index (κ1) is 14.0. The summed E-state index contributed by atoms with van der Waals surface area (Å²) in [6.45, 7) is -0.307. The lowest BCUT2D eigenvalue weighted by Crippen LogP contribution is -2.36. The van der Waals surface area contributed by atoms with Crippen molar-refractivity contribution in [1.82, 2.24) is 9.99 Å². The van der Waals surface area contributed by atoms with Crippen molar-refractivity contribution in [3.63, 3.8) is 0 Å². The van der Waals surface area contributed by atoms with Crippen LogP contribution in [-0.4, -0.2) is 21.6 Å². The summed E-state index contributed by atoms with van der Waals surface area (Å²) in [5.74, 6) is 3.29. The van der Waals surface area contributed by atoms with Crippen LogP contribution in [0.3, 0.4) is 0 Å². The first-order chi connectivity index (χ1) is 9.43. The van der Waals surface area contributed by atoms with Crippen LogP contribution < -0.4 is 16.8 Å². The van der Waals surface area contributed by atoms with E-state index in [0.717, 1.165) is 4.57 Å². The molecule has 0 spiro atoms. The molecular formula is C12H10ClN3O4. The van der Waals surface area contributed by atoms with Crippen LogP contribution in [-0.2, 0) is 11.3 Å². The van der Waals surface area contributed by atoms with Gasteiger partial charge in [0.05, 0.1) is 16.1 Å². The summed E-state index contributed by atoms with van der Waals surface area (Å²) >= 11 is 6.02. The van der Waals surface area contributed by atoms with Gasteiger partial charge in [0, 0.05) is 11.5 Å². The third kappa shape index (κ3) is 2.49. The van der Waals surface area contributed by atoms with Gasteiger partial charge in [-0.2, -0.15) is 0 Å². The maximum absolute atomic E-state index is 11.8. The highest BCUT2D eigenvalue weighted by molar-refractivity contribution is 6.35. The zero-order valence-corrected chi connectivity index (χ0v) is 10.8. The minimum Gasteiger partial charge on any atom is -0.478 e. The molecule has 0 saturated heterocycles. The van der Waals surface area contributed by atoms with Crippen molar-refractivity contribution in [3.8, 4) is 0 Å². The van der Waals surface area contributed by atoms with E-state index in [4.69, 9.17) is 22.6 Å². The summed E-state index contributed by atoms with van der Waals surface area (Å²) in [7, 11) is 0. The molecule has 20 heavy (non-hydrogen) atoms. The zero-order valence-electron chi connectivity index (χ0n) is 10.1. The van der Waals surface area contributed by atoms with Gasteiger partial charge < -0.3 is 5.11 Å². The van der Waals surface area contributed by atoms with Crippen LogP contribution in [0, 0.1) is 0 Å².